The second kappa shape index (κ2) is 6.55. The number of carbonyl (C=O) groups is 1. The number of amides is 1. The molecular weight excluding hydrogens is 224 g/mol. The molecular formula is C15H16N2O. The van der Waals surface area contributed by atoms with Gasteiger partial charge in [-0.05, 0) is 30.5 Å². The number of rotatable bonds is 5. The van der Waals surface area contributed by atoms with Gasteiger partial charge in [-0.25, -0.2) is 0 Å². The zero-order valence-electron chi connectivity index (χ0n) is 10.2. The molecule has 1 aromatic carbocycles. The Hall–Kier alpha value is -2.16. The summed E-state index contributed by atoms with van der Waals surface area (Å²) in [6.45, 7) is 0. The summed E-state index contributed by atoms with van der Waals surface area (Å²) >= 11 is 0. The largest absolute Gasteiger partial charge is 0.326 e. The van der Waals surface area contributed by atoms with Gasteiger partial charge in [-0.3, -0.25) is 9.78 Å². The highest BCUT2D eigenvalue weighted by atomic mass is 16.1. The van der Waals surface area contributed by atoms with Gasteiger partial charge in [0, 0.05) is 24.5 Å². The van der Waals surface area contributed by atoms with Crippen molar-refractivity contribution < 1.29 is 4.79 Å². The molecule has 92 valence electrons. The summed E-state index contributed by atoms with van der Waals surface area (Å²) in [5.74, 6) is 0.0529. The van der Waals surface area contributed by atoms with E-state index in [4.69, 9.17) is 0 Å². The summed E-state index contributed by atoms with van der Waals surface area (Å²) in [6.07, 6.45) is 5.67. The summed E-state index contributed by atoms with van der Waals surface area (Å²) in [7, 11) is 0. The minimum Gasteiger partial charge on any atom is -0.326 e. The van der Waals surface area contributed by atoms with Crippen LogP contribution in [0.4, 0.5) is 5.69 Å². The van der Waals surface area contributed by atoms with Crippen molar-refractivity contribution in [2.45, 2.75) is 19.3 Å². The summed E-state index contributed by atoms with van der Waals surface area (Å²) < 4.78 is 0. The Morgan fingerprint density at radius 3 is 2.50 bits per heavy atom. The van der Waals surface area contributed by atoms with E-state index in [9.17, 15) is 4.79 Å². The van der Waals surface area contributed by atoms with Crippen LogP contribution < -0.4 is 5.32 Å². The van der Waals surface area contributed by atoms with E-state index in [0.717, 1.165) is 18.5 Å². The van der Waals surface area contributed by atoms with E-state index in [0.29, 0.717) is 6.42 Å². The summed E-state index contributed by atoms with van der Waals surface area (Å²) in [5.41, 5.74) is 2.07. The molecule has 18 heavy (non-hydrogen) atoms. The minimum absolute atomic E-state index is 0.0529. The van der Waals surface area contributed by atoms with Crippen molar-refractivity contribution in [1.29, 1.82) is 0 Å². The van der Waals surface area contributed by atoms with Crippen LogP contribution in [-0.2, 0) is 11.2 Å². The van der Waals surface area contributed by atoms with E-state index in [1.807, 2.05) is 18.2 Å². The van der Waals surface area contributed by atoms with E-state index in [1.165, 1.54) is 5.56 Å². The number of hydrogen-bond acceptors (Lipinski definition) is 2. The van der Waals surface area contributed by atoms with Crippen LogP contribution >= 0.6 is 0 Å². The second-order valence-electron chi connectivity index (χ2n) is 4.12. The molecule has 0 unspecified atom stereocenters. The van der Waals surface area contributed by atoms with Crippen molar-refractivity contribution in [3.8, 4) is 0 Å². The summed E-state index contributed by atoms with van der Waals surface area (Å²) in [5, 5.41) is 2.85. The number of carbonyl (C=O) groups excluding carboxylic acids is 1. The normalized spacial score (nSPS) is 10.0. The van der Waals surface area contributed by atoms with Crippen LogP contribution in [0.1, 0.15) is 18.4 Å². The maximum Gasteiger partial charge on any atom is 0.224 e. The molecule has 0 spiro atoms. The number of nitrogens with zero attached hydrogens (tertiary/aromatic N) is 1. The third kappa shape index (κ3) is 4.01. The van der Waals surface area contributed by atoms with Crippen molar-refractivity contribution >= 4 is 11.6 Å². The van der Waals surface area contributed by atoms with Gasteiger partial charge in [-0.15, -0.1) is 0 Å². The lowest BCUT2D eigenvalue weighted by atomic mass is 10.1. The van der Waals surface area contributed by atoms with Gasteiger partial charge in [0.05, 0.1) is 0 Å². The SMILES string of the molecule is O=C(CCCc1ccccc1)Nc1ccncc1. The van der Waals surface area contributed by atoms with E-state index < -0.39 is 0 Å². The van der Waals surface area contributed by atoms with Gasteiger partial charge in [0.25, 0.3) is 0 Å². The van der Waals surface area contributed by atoms with Gasteiger partial charge in [-0.2, -0.15) is 0 Å². The average molecular weight is 240 g/mol. The molecule has 3 nitrogen and oxygen atoms in total. The second-order valence-corrected chi connectivity index (χ2v) is 4.12. The number of aryl methyl sites for hydroxylation is 1. The number of anilines is 1. The fraction of sp³-hybridized carbons (Fsp3) is 0.200. The molecule has 2 aromatic rings. The molecule has 3 heteroatoms. The quantitative estimate of drug-likeness (QED) is 0.872. The Balaban J connectivity index is 1.73. The Kier molecular flexibility index (Phi) is 4.47. The molecule has 0 aliphatic heterocycles. The zero-order chi connectivity index (χ0) is 12.6. The van der Waals surface area contributed by atoms with E-state index in [1.54, 1.807) is 24.5 Å². The molecule has 1 heterocycles. The van der Waals surface area contributed by atoms with Crippen LogP contribution in [0.5, 0.6) is 0 Å². The number of pyridine rings is 1. The number of aromatic nitrogens is 1. The third-order valence-electron chi connectivity index (χ3n) is 2.68. The molecule has 0 radical (unpaired) electrons. The van der Waals surface area contributed by atoms with Gasteiger partial charge in [-0.1, -0.05) is 30.3 Å². The molecule has 0 aliphatic rings. The molecule has 1 N–H and O–H groups in total. The highest BCUT2D eigenvalue weighted by Gasteiger charge is 2.02. The van der Waals surface area contributed by atoms with Gasteiger partial charge in [0.1, 0.15) is 0 Å². The number of hydrogen-bond donors (Lipinski definition) is 1. The van der Waals surface area contributed by atoms with E-state index >= 15 is 0 Å². The predicted molar refractivity (Wildman–Crippen MR) is 72.2 cm³/mol. The first-order valence-electron chi connectivity index (χ1n) is 6.08. The van der Waals surface area contributed by atoms with Crippen LogP contribution in [0, 0.1) is 0 Å². The lowest BCUT2D eigenvalue weighted by molar-refractivity contribution is -0.116. The summed E-state index contributed by atoms with van der Waals surface area (Å²) in [6, 6.07) is 13.8. The first kappa shape index (κ1) is 12.3. The van der Waals surface area contributed by atoms with Crippen molar-refractivity contribution in [2.75, 3.05) is 5.32 Å². The molecule has 0 saturated carbocycles. The molecule has 0 atom stereocenters. The first-order valence-corrected chi connectivity index (χ1v) is 6.08. The highest BCUT2D eigenvalue weighted by Crippen LogP contribution is 2.07. The molecule has 0 bridgehead atoms. The van der Waals surface area contributed by atoms with Gasteiger partial charge in [0.15, 0.2) is 0 Å². The van der Waals surface area contributed by atoms with Crippen molar-refractivity contribution in [3.05, 3.63) is 60.4 Å². The predicted octanol–water partition coefficient (Wildman–Crippen LogP) is 3.04. The maximum atomic E-state index is 11.7. The molecule has 0 fully saturated rings. The monoisotopic (exact) mass is 240 g/mol. The third-order valence-corrected chi connectivity index (χ3v) is 2.68. The van der Waals surface area contributed by atoms with Crippen LogP contribution in [0.15, 0.2) is 54.9 Å². The van der Waals surface area contributed by atoms with Gasteiger partial charge in [0.2, 0.25) is 5.91 Å². The molecule has 2 rings (SSSR count). The number of nitrogens with one attached hydrogen (secondary N) is 1. The Morgan fingerprint density at radius 2 is 1.78 bits per heavy atom. The highest BCUT2D eigenvalue weighted by molar-refractivity contribution is 5.90. The smallest absolute Gasteiger partial charge is 0.224 e. The van der Waals surface area contributed by atoms with Crippen LogP contribution in [0.2, 0.25) is 0 Å². The maximum absolute atomic E-state index is 11.7. The fourth-order valence-electron chi connectivity index (χ4n) is 1.76. The standard InChI is InChI=1S/C15H16N2O/c18-15(17-14-9-11-16-12-10-14)8-4-7-13-5-2-1-3-6-13/h1-3,5-6,9-12H,4,7-8H2,(H,16,17,18). The van der Waals surface area contributed by atoms with Crippen molar-refractivity contribution in [1.82, 2.24) is 4.98 Å². The molecule has 0 aliphatic carbocycles. The average Bonchev–Trinajstić information content (AvgIpc) is 2.41. The van der Waals surface area contributed by atoms with Crippen LogP contribution in [-0.4, -0.2) is 10.9 Å². The molecule has 0 saturated heterocycles. The van der Waals surface area contributed by atoms with Crippen molar-refractivity contribution in [2.24, 2.45) is 0 Å². The summed E-state index contributed by atoms with van der Waals surface area (Å²) in [4.78, 5) is 15.6. The molecule has 1 amide bonds. The van der Waals surface area contributed by atoms with Gasteiger partial charge < -0.3 is 5.32 Å². The van der Waals surface area contributed by atoms with E-state index in [2.05, 4.69) is 22.4 Å². The van der Waals surface area contributed by atoms with E-state index in [-0.39, 0.29) is 5.91 Å². The van der Waals surface area contributed by atoms with Crippen molar-refractivity contribution in [3.63, 3.8) is 0 Å². The lowest BCUT2D eigenvalue weighted by Crippen LogP contribution is -2.11. The Bertz CT molecular complexity index is 482. The Labute approximate surface area is 107 Å². The fourth-order valence-corrected chi connectivity index (χ4v) is 1.76. The first-order chi connectivity index (χ1) is 8.84. The lowest BCUT2D eigenvalue weighted by Gasteiger charge is -2.04. The minimum atomic E-state index is 0.0529. The van der Waals surface area contributed by atoms with Gasteiger partial charge >= 0.3 is 0 Å². The molecule has 1 aromatic heterocycles. The van der Waals surface area contributed by atoms with Crippen LogP contribution in [0.25, 0.3) is 0 Å². The zero-order valence-corrected chi connectivity index (χ0v) is 10.2. The number of benzene rings is 1. The van der Waals surface area contributed by atoms with Crippen LogP contribution in [0.3, 0.4) is 0 Å². The topological polar surface area (TPSA) is 42.0 Å². The Morgan fingerprint density at radius 1 is 1.06 bits per heavy atom.